The maximum Gasteiger partial charge on any atom is 0.168 e. The summed E-state index contributed by atoms with van der Waals surface area (Å²) >= 11 is 6.01. The first-order valence-corrected chi connectivity index (χ1v) is 4.31. The Hall–Kier alpha value is -1.28. The lowest BCUT2D eigenvalue weighted by molar-refractivity contribution is 0.111. The van der Waals surface area contributed by atoms with Crippen LogP contribution in [0.4, 0.5) is 0 Å². The molecule has 13 heavy (non-hydrogen) atoms. The molecule has 0 N–H and O–H groups in total. The summed E-state index contributed by atoms with van der Waals surface area (Å²) in [4.78, 5) is 10.7. The van der Waals surface area contributed by atoms with Gasteiger partial charge in [0.2, 0.25) is 0 Å². The Morgan fingerprint density at radius 3 is 2.69 bits per heavy atom. The number of halogens is 1. The number of aryl methyl sites for hydroxylation is 1. The summed E-state index contributed by atoms with van der Waals surface area (Å²) in [7, 11) is 1.83. The van der Waals surface area contributed by atoms with Crippen molar-refractivity contribution in [2.24, 2.45) is 7.05 Å². The van der Waals surface area contributed by atoms with E-state index in [9.17, 15) is 4.79 Å². The first kappa shape index (κ1) is 8.32. The normalized spacial score (nSPS) is 10.6. The van der Waals surface area contributed by atoms with E-state index in [0.29, 0.717) is 10.7 Å². The van der Waals surface area contributed by atoms with Crippen LogP contribution < -0.4 is 0 Å². The van der Waals surface area contributed by atoms with Gasteiger partial charge >= 0.3 is 0 Å². The third-order valence-corrected chi connectivity index (χ3v) is 2.60. The van der Waals surface area contributed by atoms with Crippen molar-refractivity contribution in [3.8, 4) is 0 Å². The minimum absolute atomic E-state index is 0.530. The molecule has 1 aromatic carbocycles. The molecule has 0 unspecified atom stereocenters. The average molecular weight is 194 g/mol. The fourth-order valence-corrected chi connectivity index (χ4v) is 1.83. The molecule has 0 aliphatic heterocycles. The molecule has 0 radical (unpaired) electrons. The van der Waals surface area contributed by atoms with Gasteiger partial charge in [0.05, 0.1) is 5.02 Å². The molecule has 0 saturated heterocycles. The van der Waals surface area contributed by atoms with Crippen LogP contribution in [0.5, 0.6) is 0 Å². The van der Waals surface area contributed by atoms with E-state index in [1.165, 1.54) is 0 Å². The minimum Gasteiger partial charge on any atom is -0.340 e. The van der Waals surface area contributed by atoms with Crippen molar-refractivity contribution in [2.45, 2.75) is 0 Å². The van der Waals surface area contributed by atoms with Crippen LogP contribution in [0, 0.1) is 0 Å². The van der Waals surface area contributed by atoms with E-state index in [1.807, 2.05) is 31.3 Å². The zero-order valence-electron chi connectivity index (χ0n) is 7.12. The number of nitrogens with zero attached hydrogens (tertiary/aromatic N) is 1. The van der Waals surface area contributed by atoms with E-state index < -0.39 is 0 Å². The van der Waals surface area contributed by atoms with Crippen molar-refractivity contribution in [3.05, 3.63) is 35.0 Å². The van der Waals surface area contributed by atoms with Crippen LogP contribution in [-0.4, -0.2) is 10.9 Å². The number of rotatable bonds is 1. The first-order valence-electron chi connectivity index (χ1n) is 3.94. The third-order valence-electron chi connectivity index (χ3n) is 2.20. The van der Waals surface area contributed by atoms with Gasteiger partial charge in [0.15, 0.2) is 6.29 Å². The van der Waals surface area contributed by atoms with Crippen LogP contribution in [0.1, 0.15) is 10.5 Å². The molecule has 1 aromatic heterocycles. The average Bonchev–Trinajstić information content (AvgIpc) is 2.41. The number of carbonyl (C=O) groups excluding carboxylic acids is 1. The number of benzene rings is 1. The molecular weight excluding hydrogens is 186 g/mol. The fraction of sp³-hybridized carbons (Fsp3) is 0.100. The predicted molar refractivity (Wildman–Crippen MR) is 53.3 cm³/mol. The molecule has 0 fully saturated rings. The molecule has 66 valence electrons. The SMILES string of the molecule is Cn1c(C=O)c(Cl)c2ccccc21. The molecule has 2 nitrogen and oxygen atoms in total. The standard InChI is InChI=1S/C10H8ClNO/c1-12-8-5-3-2-4-7(8)10(11)9(12)6-13/h2-6H,1H3. The maximum absolute atomic E-state index is 10.7. The maximum atomic E-state index is 10.7. The first-order chi connectivity index (χ1) is 6.25. The third kappa shape index (κ3) is 1.06. The monoisotopic (exact) mass is 193 g/mol. The molecule has 0 atom stereocenters. The Kier molecular flexibility index (Phi) is 1.85. The van der Waals surface area contributed by atoms with Gasteiger partial charge in [-0.05, 0) is 6.07 Å². The molecule has 0 spiro atoms. The van der Waals surface area contributed by atoms with Crippen molar-refractivity contribution in [3.63, 3.8) is 0 Å². The van der Waals surface area contributed by atoms with Gasteiger partial charge in [0.1, 0.15) is 5.69 Å². The summed E-state index contributed by atoms with van der Waals surface area (Å²) in [6, 6.07) is 7.68. The van der Waals surface area contributed by atoms with Gasteiger partial charge in [0, 0.05) is 18.0 Å². The number of carbonyl (C=O) groups is 1. The smallest absolute Gasteiger partial charge is 0.168 e. The molecule has 0 saturated carbocycles. The summed E-state index contributed by atoms with van der Waals surface area (Å²) in [5.74, 6) is 0. The van der Waals surface area contributed by atoms with E-state index in [-0.39, 0.29) is 0 Å². The minimum atomic E-state index is 0.530. The highest BCUT2D eigenvalue weighted by atomic mass is 35.5. The molecule has 0 amide bonds. The number of para-hydroxylation sites is 1. The Bertz CT molecular complexity index is 434. The van der Waals surface area contributed by atoms with Gasteiger partial charge in [-0.2, -0.15) is 0 Å². The van der Waals surface area contributed by atoms with Crippen molar-refractivity contribution >= 4 is 28.8 Å². The lowest BCUT2D eigenvalue weighted by atomic mass is 10.2. The highest BCUT2D eigenvalue weighted by Gasteiger charge is 2.10. The van der Waals surface area contributed by atoms with Crippen LogP contribution in [-0.2, 0) is 7.05 Å². The molecule has 0 bridgehead atoms. The molecule has 2 aromatic rings. The van der Waals surface area contributed by atoms with Crippen LogP contribution in [0.2, 0.25) is 5.02 Å². The Morgan fingerprint density at radius 1 is 1.38 bits per heavy atom. The van der Waals surface area contributed by atoms with Crippen molar-refractivity contribution in [1.82, 2.24) is 4.57 Å². The van der Waals surface area contributed by atoms with Gasteiger partial charge in [-0.1, -0.05) is 29.8 Å². The van der Waals surface area contributed by atoms with Crippen molar-refractivity contribution in [1.29, 1.82) is 0 Å². The lowest BCUT2D eigenvalue weighted by Crippen LogP contribution is -1.93. The largest absolute Gasteiger partial charge is 0.340 e. The number of hydrogen-bond acceptors (Lipinski definition) is 1. The Morgan fingerprint density at radius 2 is 2.08 bits per heavy atom. The second-order valence-electron chi connectivity index (χ2n) is 2.89. The van der Waals surface area contributed by atoms with Gasteiger partial charge in [-0.25, -0.2) is 0 Å². The Balaban J connectivity index is 2.96. The second-order valence-corrected chi connectivity index (χ2v) is 3.27. The van der Waals surface area contributed by atoms with E-state index in [2.05, 4.69) is 0 Å². The van der Waals surface area contributed by atoms with Crippen LogP contribution in [0.15, 0.2) is 24.3 Å². The molecule has 1 heterocycles. The predicted octanol–water partition coefficient (Wildman–Crippen LogP) is 2.64. The lowest BCUT2D eigenvalue weighted by Gasteiger charge is -1.95. The second kappa shape index (κ2) is 2.89. The highest BCUT2D eigenvalue weighted by molar-refractivity contribution is 6.38. The van der Waals surface area contributed by atoms with Crippen LogP contribution in [0.3, 0.4) is 0 Å². The zero-order valence-corrected chi connectivity index (χ0v) is 7.88. The van der Waals surface area contributed by atoms with Gasteiger partial charge in [-0.15, -0.1) is 0 Å². The summed E-state index contributed by atoms with van der Waals surface area (Å²) < 4.78 is 1.80. The van der Waals surface area contributed by atoms with Gasteiger partial charge in [-0.3, -0.25) is 4.79 Å². The number of hydrogen-bond donors (Lipinski definition) is 0. The van der Waals surface area contributed by atoms with Gasteiger partial charge < -0.3 is 4.57 Å². The van der Waals surface area contributed by atoms with E-state index in [4.69, 9.17) is 11.6 Å². The fourth-order valence-electron chi connectivity index (χ4n) is 1.50. The quantitative estimate of drug-likeness (QED) is 0.639. The molecular formula is C10H8ClNO. The van der Waals surface area contributed by atoms with Crippen LogP contribution in [0.25, 0.3) is 10.9 Å². The summed E-state index contributed by atoms with van der Waals surface area (Å²) in [6.07, 6.45) is 0.780. The number of aromatic nitrogens is 1. The van der Waals surface area contributed by atoms with E-state index >= 15 is 0 Å². The molecule has 0 aliphatic carbocycles. The number of fused-ring (bicyclic) bond motifs is 1. The highest BCUT2D eigenvalue weighted by Crippen LogP contribution is 2.28. The van der Waals surface area contributed by atoms with Crippen molar-refractivity contribution < 1.29 is 4.79 Å². The van der Waals surface area contributed by atoms with Gasteiger partial charge in [0.25, 0.3) is 0 Å². The summed E-state index contributed by atoms with van der Waals surface area (Å²) in [6.45, 7) is 0. The van der Waals surface area contributed by atoms with Crippen LogP contribution >= 0.6 is 11.6 Å². The summed E-state index contributed by atoms with van der Waals surface area (Å²) in [5.41, 5.74) is 1.51. The topological polar surface area (TPSA) is 22.0 Å². The van der Waals surface area contributed by atoms with Crippen molar-refractivity contribution in [2.75, 3.05) is 0 Å². The molecule has 0 aliphatic rings. The number of aldehydes is 1. The zero-order chi connectivity index (χ0) is 9.42. The van der Waals surface area contributed by atoms with E-state index in [1.54, 1.807) is 4.57 Å². The van der Waals surface area contributed by atoms with E-state index in [0.717, 1.165) is 17.2 Å². The summed E-state index contributed by atoms with van der Waals surface area (Å²) in [5, 5.41) is 1.46. The Labute approximate surface area is 80.7 Å². The molecule has 3 heteroatoms. The molecule has 2 rings (SSSR count).